The maximum atomic E-state index is 12.9. The van der Waals surface area contributed by atoms with Crippen LogP contribution in [-0.4, -0.2) is 35.7 Å². The van der Waals surface area contributed by atoms with Gasteiger partial charge in [0.2, 0.25) is 0 Å². The summed E-state index contributed by atoms with van der Waals surface area (Å²) < 4.78 is 13.0. The maximum absolute atomic E-state index is 12.9. The number of benzene rings is 3. The molecule has 1 heterocycles. The molecular weight excluding hydrogens is 636 g/mol. The number of methoxy groups -OCH3 is 1. The fourth-order valence-electron chi connectivity index (χ4n) is 3.71. The van der Waals surface area contributed by atoms with E-state index in [0.29, 0.717) is 22.0 Å². The van der Waals surface area contributed by atoms with Gasteiger partial charge in [0.15, 0.2) is 18.1 Å². The van der Waals surface area contributed by atoms with Gasteiger partial charge in [-0.15, -0.1) is 0 Å². The van der Waals surface area contributed by atoms with Gasteiger partial charge in [0.25, 0.3) is 17.1 Å². The topological polar surface area (TPSA) is 84.9 Å². The van der Waals surface area contributed by atoms with E-state index in [1.807, 2.05) is 50.2 Å². The summed E-state index contributed by atoms with van der Waals surface area (Å²) in [4.78, 5) is 39.5. The van der Waals surface area contributed by atoms with Gasteiger partial charge in [-0.1, -0.05) is 50.1 Å². The van der Waals surface area contributed by atoms with E-state index in [9.17, 15) is 14.4 Å². The van der Waals surface area contributed by atoms with Gasteiger partial charge in [0.05, 0.1) is 18.6 Å². The zero-order chi connectivity index (χ0) is 27.4. The normalized spacial score (nSPS) is 14.2. The molecular formula is C28H24Br2N2O5S. The Morgan fingerprint density at radius 3 is 2.45 bits per heavy atom. The molecule has 0 aromatic heterocycles. The predicted molar refractivity (Wildman–Crippen MR) is 156 cm³/mol. The summed E-state index contributed by atoms with van der Waals surface area (Å²) >= 11 is 7.76. The largest absolute Gasteiger partial charge is 0.493 e. The van der Waals surface area contributed by atoms with Crippen LogP contribution >= 0.6 is 43.6 Å². The number of nitrogens with one attached hydrogen (secondary N) is 1. The lowest BCUT2D eigenvalue weighted by Crippen LogP contribution is -2.27. The van der Waals surface area contributed by atoms with Crippen molar-refractivity contribution in [3.8, 4) is 11.5 Å². The Balaban J connectivity index is 1.42. The number of carbonyl (C=O) groups excluding carboxylic acids is 3. The lowest BCUT2D eigenvalue weighted by atomic mass is 10.1. The minimum absolute atomic E-state index is 0.201. The second-order valence-corrected chi connectivity index (χ2v) is 11.2. The highest BCUT2D eigenvalue weighted by molar-refractivity contribution is 9.10. The molecule has 7 nitrogen and oxygen atoms in total. The molecule has 1 aliphatic rings. The summed E-state index contributed by atoms with van der Waals surface area (Å²) in [6.07, 6.45) is 1.64. The van der Waals surface area contributed by atoms with Gasteiger partial charge in [0, 0.05) is 14.6 Å². The highest BCUT2D eigenvalue weighted by atomic mass is 79.9. The summed E-state index contributed by atoms with van der Waals surface area (Å²) in [6, 6.07) is 16.3. The molecule has 3 amide bonds. The molecule has 196 valence electrons. The van der Waals surface area contributed by atoms with Gasteiger partial charge in [-0.3, -0.25) is 19.3 Å². The molecule has 0 saturated carbocycles. The second kappa shape index (κ2) is 12.2. The standard InChI is InChI=1S/C28H24Br2N2O5S/c1-16-17(2)22(10-9-21(16)30)31-26(33)15-37-23-11-6-19(12-24(23)36-3)13-25-27(34)32(28(35)38-25)14-18-4-7-20(29)8-5-18/h4-13H,14-15H2,1-3H3,(H,31,33)/b25-13-. The predicted octanol–water partition coefficient (Wildman–Crippen LogP) is 7.09. The van der Waals surface area contributed by atoms with E-state index >= 15 is 0 Å². The lowest BCUT2D eigenvalue weighted by Gasteiger charge is -2.14. The molecule has 3 aromatic carbocycles. The molecule has 10 heteroatoms. The summed E-state index contributed by atoms with van der Waals surface area (Å²) in [5.74, 6) is 0.126. The molecule has 1 fully saturated rings. The number of anilines is 1. The summed E-state index contributed by atoms with van der Waals surface area (Å²) in [5, 5.41) is 2.54. The third-order valence-electron chi connectivity index (χ3n) is 5.97. The van der Waals surface area contributed by atoms with Gasteiger partial charge in [0.1, 0.15) is 0 Å². The average molecular weight is 660 g/mol. The Morgan fingerprint density at radius 1 is 1.00 bits per heavy atom. The molecule has 38 heavy (non-hydrogen) atoms. The van der Waals surface area contributed by atoms with E-state index in [1.165, 1.54) is 12.0 Å². The molecule has 0 atom stereocenters. The minimum atomic E-state index is -0.350. The van der Waals surface area contributed by atoms with Gasteiger partial charge in [-0.05, 0) is 90.3 Å². The Bertz CT molecular complexity index is 1440. The first-order valence-corrected chi connectivity index (χ1v) is 13.9. The third kappa shape index (κ3) is 6.48. The third-order valence-corrected chi connectivity index (χ3v) is 8.26. The van der Waals surface area contributed by atoms with Crippen LogP contribution in [0.3, 0.4) is 0 Å². The van der Waals surface area contributed by atoms with Crippen LogP contribution in [0.5, 0.6) is 11.5 Å². The van der Waals surface area contributed by atoms with E-state index in [1.54, 1.807) is 24.3 Å². The number of carbonyl (C=O) groups is 3. The van der Waals surface area contributed by atoms with Gasteiger partial charge in [-0.2, -0.15) is 0 Å². The SMILES string of the molecule is COc1cc(/C=C2\SC(=O)N(Cc3ccc(Br)cc3)C2=O)ccc1OCC(=O)Nc1ccc(Br)c(C)c1C. The van der Waals surface area contributed by atoms with Crippen LogP contribution in [0.15, 0.2) is 68.4 Å². The molecule has 0 unspecified atom stereocenters. The lowest BCUT2D eigenvalue weighted by molar-refractivity contribution is -0.123. The van der Waals surface area contributed by atoms with Crippen molar-refractivity contribution in [3.63, 3.8) is 0 Å². The quantitative estimate of drug-likeness (QED) is 0.260. The number of nitrogens with zero attached hydrogens (tertiary/aromatic N) is 1. The highest BCUT2D eigenvalue weighted by Crippen LogP contribution is 2.35. The molecule has 1 N–H and O–H groups in total. The maximum Gasteiger partial charge on any atom is 0.293 e. The number of imide groups is 1. The van der Waals surface area contributed by atoms with E-state index in [-0.39, 0.29) is 30.2 Å². The monoisotopic (exact) mass is 658 g/mol. The van der Waals surface area contributed by atoms with E-state index < -0.39 is 0 Å². The molecule has 0 radical (unpaired) electrons. The Hall–Kier alpha value is -3.08. The minimum Gasteiger partial charge on any atom is -0.493 e. The number of rotatable bonds is 8. The first kappa shape index (κ1) is 27.9. The Kier molecular flexibility index (Phi) is 8.96. The fourth-order valence-corrected chi connectivity index (χ4v) is 5.24. The number of hydrogen-bond acceptors (Lipinski definition) is 6. The van der Waals surface area contributed by atoms with E-state index in [0.717, 1.165) is 43.1 Å². The second-order valence-electron chi connectivity index (χ2n) is 8.49. The van der Waals surface area contributed by atoms with E-state index in [2.05, 4.69) is 37.2 Å². The van der Waals surface area contributed by atoms with Crippen LogP contribution in [0.2, 0.25) is 0 Å². The highest BCUT2D eigenvalue weighted by Gasteiger charge is 2.35. The zero-order valence-electron chi connectivity index (χ0n) is 20.8. The van der Waals surface area contributed by atoms with Crippen molar-refractivity contribution in [2.75, 3.05) is 19.0 Å². The summed E-state index contributed by atoms with van der Waals surface area (Å²) in [6.45, 7) is 3.90. The Morgan fingerprint density at radius 2 is 1.74 bits per heavy atom. The first-order chi connectivity index (χ1) is 18.2. The number of amides is 3. The number of ether oxygens (including phenoxy) is 2. The zero-order valence-corrected chi connectivity index (χ0v) is 24.8. The number of halogens is 2. The van der Waals surface area contributed by atoms with Crippen molar-refractivity contribution < 1.29 is 23.9 Å². The van der Waals surface area contributed by atoms with Crippen LogP contribution in [0.1, 0.15) is 22.3 Å². The van der Waals surface area contributed by atoms with Crippen molar-refractivity contribution in [1.82, 2.24) is 4.90 Å². The smallest absolute Gasteiger partial charge is 0.293 e. The van der Waals surface area contributed by atoms with Crippen LogP contribution in [0, 0.1) is 13.8 Å². The van der Waals surface area contributed by atoms with Crippen LogP contribution in [-0.2, 0) is 16.1 Å². The molecule has 1 aliphatic heterocycles. The van der Waals surface area contributed by atoms with Gasteiger partial charge in [-0.25, -0.2) is 0 Å². The molecule has 0 spiro atoms. The number of thioether (sulfide) groups is 1. The average Bonchev–Trinajstić information content (AvgIpc) is 3.16. The first-order valence-electron chi connectivity index (χ1n) is 11.5. The molecule has 1 saturated heterocycles. The van der Waals surface area contributed by atoms with Crippen LogP contribution in [0.4, 0.5) is 10.5 Å². The van der Waals surface area contributed by atoms with Crippen LogP contribution < -0.4 is 14.8 Å². The van der Waals surface area contributed by atoms with Crippen molar-refractivity contribution in [3.05, 3.63) is 90.7 Å². The van der Waals surface area contributed by atoms with Crippen molar-refractivity contribution in [2.24, 2.45) is 0 Å². The Labute approximate surface area is 241 Å². The van der Waals surface area contributed by atoms with E-state index in [4.69, 9.17) is 9.47 Å². The van der Waals surface area contributed by atoms with Gasteiger partial charge >= 0.3 is 0 Å². The summed E-state index contributed by atoms with van der Waals surface area (Å²) in [5.41, 5.74) is 4.25. The fraction of sp³-hybridized carbons (Fsp3) is 0.179. The summed E-state index contributed by atoms with van der Waals surface area (Å²) in [7, 11) is 1.49. The van der Waals surface area contributed by atoms with Gasteiger partial charge < -0.3 is 14.8 Å². The van der Waals surface area contributed by atoms with Crippen LogP contribution in [0.25, 0.3) is 6.08 Å². The number of hydrogen-bond donors (Lipinski definition) is 1. The molecule has 3 aromatic rings. The molecule has 0 aliphatic carbocycles. The molecule has 4 rings (SSSR count). The molecule has 0 bridgehead atoms. The van der Waals surface area contributed by atoms with Crippen molar-refractivity contribution in [2.45, 2.75) is 20.4 Å². The van der Waals surface area contributed by atoms with Crippen molar-refractivity contribution in [1.29, 1.82) is 0 Å². The van der Waals surface area contributed by atoms with Crippen molar-refractivity contribution >= 4 is 72.4 Å².